The van der Waals surface area contributed by atoms with Crippen molar-refractivity contribution in [1.29, 1.82) is 5.26 Å². The molecule has 90 valence electrons. The highest BCUT2D eigenvalue weighted by atomic mass is 35.5. The summed E-state index contributed by atoms with van der Waals surface area (Å²) in [5.41, 5.74) is 2.19. The van der Waals surface area contributed by atoms with Crippen LogP contribution in [0.25, 0.3) is 22.0 Å². The Kier molecular flexibility index (Phi) is 2.91. The summed E-state index contributed by atoms with van der Waals surface area (Å²) in [6.45, 7) is 0. The maximum absolute atomic E-state index is 8.88. The van der Waals surface area contributed by atoms with Crippen molar-refractivity contribution in [3.05, 3.63) is 65.3 Å². The molecule has 0 spiro atoms. The van der Waals surface area contributed by atoms with Crippen LogP contribution in [0, 0.1) is 11.3 Å². The smallest absolute Gasteiger partial charge is 0.147 e. The summed E-state index contributed by atoms with van der Waals surface area (Å²) in [7, 11) is 0. The molecular weight excluding hydrogens is 256 g/mol. The summed E-state index contributed by atoms with van der Waals surface area (Å²) >= 11 is 6.00. The Morgan fingerprint density at radius 3 is 2.53 bits per heavy atom. The van der Waals surface area contributed by atoms with E-state index >= 15 is 0 Å². The molecule has 0 saturated heterocycles. The zero-order chi connectivity index (χ0) is 13.2. The van der Waals surface area contributed by atoms with Crippen LogP contribution in [0.3, 0.4) is 0 Å². The molecule has 0 radical (unpaired) electrons. The summed E-state index contributed by atoms with van der Waals surface area (Å²) in [4.78, 5) is 4.31. The molecule has 0 amide bonds. The van der Waals surface area contributed by atoms with Gasteiger partial charge in [0.15, 0.2) is 0 Å². The van der Waals surface area contributed by atoms with Crippen molar-refractivity contribution in [1.82, 2.24) is 4.98 Å². The molecule has 19 heavy (non-hydrogen) atoms. The Morgan fingerprint density at radius 2 is 1.74 bits per heavy atom. The van der Waals surface area contributed by atoms with Gasteiger partial charge in [-0.05, 0) is 22.9 Å². The van der Waals surface area contributed by atoms with Crippen LogP contribution in [-0.2, 0) is 0 Å². The summed E-state index contributed by atoms with van der Waals surface area (Å²) in [5.74, 6) is 0. The van der Waals surface area contributed by atoms with Gasteiger partial charge in [0.05, 0.1) is 11.3 Å². The van der Waals surface area contributed by atoms with Crippen molar-refractivity contribution in [2.75, 3.05) is 0 Å². The third-order valence-electron chi connectivity index (χ3n) is 3.03. The lowest BCUT2D eigenvalue weighted by molar-refractivity contribution is 1.30. The number of hydrogen-bond acceptors (Lipinski definition) is 2. The van der Waals surface area contributed by atoms with Gasteiger partial charge < -0.3 is 0 Å². The summed E-state index contributed by atoms with van der Waals surface area (Å²) in [6, 6.07) is 19.7. The van der Waals surface area contributed by atoms with Gasteiger partial charge in [-0.25, -0.2) is 4.98 Å². The number of nitriles is 1. The minimum absolute atomic E-state index is 0.243. The number of fused-ring (bicyclic) bond motifs is 1. The number of pyridine rings is 1. The van der Waals surface area contributed by atoms with Crippen molar-refractivity contribution in [3.8, 4) is 17.3 Å². The summed E-state index contributed by atoms with van der Waals surface area (Å²) in [6.07, 6.45) is 0. The van der Waals surface area contributed by atoms with Crippen LogP contribution in [0.5, 0.6) is 0 Å². The van der Waals surface area contributed by atoms with E-state index in [1.54, 1.807) is 6.07 Å². The number of benzene rings is 2. The van der Waals surface area contributed by atoms with Gasteiger partial charge in [-0.1, -0.05) is 54.1 Å². The first-order chi connectivity index (χ1) is 9.29. The maximum Gasteiger partial charge on any atom is 0.147 e. The van der Waals surface area contributed by atoms with Crippen molar-refractivity contribution in [2.24, 2.45) is 0 Å². The Morgan fingerprint density at radius 1 is 0.947 bits per heavy atom. The fourth-order valence-electron chi connectivity index (χ4n) is 2.12. The average molecular weight is 265 g/mol. The van der Waals surface area contributed by atoms with E-state index in [2.05, 4.69) is 23.2 Å². The van der Waals surface area contributed by atoms with Gasteiger partial charge >= 0.3 is 0 Å². The fraction of sp³-hybridized carbons (Fsp3) is 0. The number of halogens is 1. The van der Waals surface area contributed by atoms with Gasteiger partial charge in [-0.3, -0.25) is 0 Å². The molecule has 0 N–H and O–H groups in total. The number of rotatable bonds is 1. The van der Waals surface area contributed by atoms with E-state index in [0.29, 0.717) is 5.56 Å². The average Bonchev–Trinajstić information content (AvgIpc) is 2.46. The standard InChI is InChI=1S/C16H9ClN2/c17-16-12(10-18)8-9-15(19-16)14-7-3-5-11-4-1-2-6-13(11)14/h1-9H. The number of aromatic nitrogens is 1. The van der Waals surface area contributed by atoms with Crippen LogP contribution in [-0.4, -0.2) is 4.98 Å². The quantitative estimate of drug-likeness (QED) is 0.610. The van der Waals surface area contributed by atoms with Crippen LogP contribution >= 0.6 is 11.6 Å². The molecule has 0 aliphatic heterocycles. The molecular formula is C16H9ClN2. The molecule has 1 aromatic heterocycles. The largest absolute Gasteiger partial charge is 0.235 e. The Hall–Kier alpha value is -2.37. The lowest BCUT2D eigenvalue weighted by Gasteiger charge is -2.06. The van der Waals surface area contributed by atoms with Crippen molar-refractivity contribution >= 4 is 22.4 Å². The van der Waals surface area contributed by atoms with Crippen LogP contribution in [0.15, 0.2) is 54.6 Å². The van der Waals surface area contributed by atoms with Crippen LogP contribution in [0.2, 0.25) is 5.15 Å². The van der Waals surface area contributed by atoms with Gasteiger partial charge in [-0.2, -0.15) is 5.26 Å². The van der Waals surface area contributed by atoms with E-state index < -0.39 is 0 Å². The first-order valence-electron chi connectivity index (χ1n) is 5.84. The number of nitrogens with zero attached hydrogens (tertiary/aromatic N) is 2. The summed E-state index contributed by atoms with van der Waals surface area (Å²) in [5, 5.41) is 11.4. The molecule has 3 aromatic rings. The van der Waals surface area contributed by atoms with Crippen LogP contribution < -0.4 is 0 Å². The third kappa shape index (κ3) is 2.05. The predicted octanol–water partition coefficient (Wildman–Crippen LogP) is 4.43. The Balaban J connectivity index is 2.25. The SMILES string of the molecule is N#Cc1ccc(-c2cccc3ccccc23)nc1Cl. The molecule has 0 atom stereocenters. The maximum atomic E-state index is 8.88. The molecule has 3 heteroatoms. The molecule has 3 rings (SSSR count). The molecule has 0 unspecified atom stereocenters. The van der Waals surface area contributed by atoms with Gasteiger partial charge in [0, 0.05) is 5.56 Å². The van der Waals surface area contributed by atoms with Gasteiger partial charge in [-0.15, -0.1) is 0 Å². The van der Waals surface area contributed by atoms with E-state index in [1.807, 2.05) is 36.4 Å². The molecule has 2 aromatic carbocycles. The van der Waals surface area contributed by atoms with E-state index in [9.17, 15) is 0 Å². The Labute approximate surface area is 115 Å². The second-order valence-electron chi connectivity index (χ2n) is 4.17. The second-order valence-corrected chi connectivity index (χ2v) is 4.53. The predicted molar refractivity (Wildman–Crippen MR) is 76.9 cm³/mol. The minimum atomic E-state index is 0.243. The fourth-order valence-corrected chi connectivity index (χ4v) is 2.31. The van der Waals surface area contributed by atoms with E-state index in [0.717, 1.165) is 22.0 Å². The highest BCUT2D eigenvalue weighted by molar-refractivity contribution is 6.30. The topological polar surface area (TPSA) is 36.7 Å². The zero-order valence-corrected chi connectivity index (χ0v) is 10.7. The molecule has 0 aliphatic carbocycles. The lowest BCUT2D eigenvalue weighted by atomic mass is 10.0. The van der Waals surface area contributed by atoms with Gasteiger partial charge in [0.25, 0.3) is 0 Å². The van der Waals surface area contributed by atoms with Gasteiger partial charge in [0.2, 0.25) is 0 Å². The van der Waals surface area contributed by atoms with Crippen LogP contribution in [0.4, 0.5) is 0 Å². The van der Waals surface area contributed by atoms with Crippen molar-refractivity contribution in [2.45, 2.75) is 0 Å². The number of hydrogen-bond donors (Lipinski definition) is 0. The normalized spacial score (nSPS) is 10.3. The van der Waals surface area contributed by atoms with E-state index in [1.165, 1.54) is 0 Å². The molecule has 1 heterocycles. The molecule has 0 bridgehead atoms. The third-order valence-corrected chi connectivity index (χ3v) is 3.32. The van der Waals surface area contributed by atoms with Crippen molar-refractivity contribution < 1.29 is 0 Å². The molecule has 0 fully saturated rings. The van der Waals surface area contributed by atoms with Crippen molar-refractivity contribution in [3.63, 3.8) is 0 Å². The molecule has 2 nitrogen and oxygen atoms in total. The highest BCUT2D eigenvalue weighted by Gasteiger charge is 2.07. The molecule has 0 aliphatic rings. The first-order valence-corrected chi connectivity index (χ1v) is 6.22. The Bertz CT molecular complexity index is 798. The van der Waals surface area contributed by atoms with Gasteiger partial charge in [0.1, 0.15) is 11.2 Å². The van der Waals surface area contributed by atoms with Crippen LogP contribution in [0.1, 0.15) is 5.56 Å². The zero-order valence-electron chi connectivity index (χ0n) is 9.97. The second kappa shape index (κ2) is 4.72. The van der Waals surface area contributed by atoms with E-state index in [-0.39, 0.29) is 5.15 Å². The summed E-state index contributed by atoms with van der Waals surface area (Å²) < 4.78 is 0. The minimum Gasteiger partial charge on any atom is -0.235 e. The monoisotopic (exact) mass is 264 g/mol. The highest BCUT2D eigenvalue weighted by Crippen LogP contribution is 2.28. The first kappa shape index (κ1) is 11.7. The lowest BCUT2D eigenvalue weighted by Crippen LogP contribution is -1.88. The van der Waals surface area contributed by atoms with E-state index in [4.69, 9.17) is 16.9 Å². The molecule has 0 saturated carbocycles.